The second-order valence-electron chi connectivity index (χ2n) is 9.90. The van der Waals surface area contributed by atoms with E-state index in [9.17, 15) is 19.2 Å². The first-order valence-electron chi connectivity index (χ1n) is 13.8. The van der Waals surface area contributed by atoms with Crippen LogP contribution in [0.1, 0.15) is 32.1 Å². The number of hydrogen-bond donors (Lipinski definition) is 5. The zero-order chi connectivity index (χ0) is 31.4. The van der Waals surface area contributed by atoms with Gasteiger partial charge in [-0.05, 0) is 49.2 Å². The Bertz CT molecular complexity index is 1440. The van der Waals surface area contributed by atoms with Crippen molar-refractivity contribution in [1.29, 1.82) is 0 Å². The van der Waals surface area contributed by atoms with Crippen molar-refractivity contribution in [2.45, 2.75) is 32.1 Å². The number of carboxylic acids is 1. The maximum Gasteiger partial charge on any atom is 0.416 e. The Labute approximate surface area is 253 Å². The number of fused-ring (bicyclic) bond motifs is 2. The third-order valence-corrected chi connectivity index (χ3v) is 6.98. The van der Waals surface area contributed by atoms with Gasteiger partial charge in [0.05, 0.1) is 36.9 Å². The molecule has 0 spiro atoms. The van der Waals surface area contributed by atoms with Gasteiger partial charge >= 0.3 is 18.2 Å². The van der Waals surface area contributed by atoms with Gasteiger partial charge in [-0.3, -0.25) is 14.5 Å². The fourth-order valence-electron chi connectivity index (χ4n) is 4.61. The summed E-state index contributed by atoms with van der Waals surface area (Å²) in [5.41, 5.74) is 2.63. The second-order valence-corrected chi connectivity index (χ2v) is 10.3. The number of ether oxygens (including phenoxy) is 1. The first kappa shape index (κ1) is 33.1. The topological polar surface area (TPSA) is 182 Å². The fourth-order valence-corrected chi connectivity index (χ4v) is 4.78. The van der Waals surface area contributed by atoms with Gasteiger partial charge in [-0.1, -0.05) is 30.9 Å². The number of benzene rings is 2. The Balaban J connectivity index is 1.40. The molecule has 0 aliphatic carbocycles. The molecule has 1 aromatic heterocycles. The molecule has 0 bridgehead atoms. The summed E-state index contributed by atoms with van der Waals surface area (Å²) in [7, 11) is 1.63. The largest absolute Gasteiger partial charge is 0.497 e. The number of imide groups is 1. The number of amides is 3. The normalized spacial score (nSPS) is 11.0. The summed E-state index contributed by atoms with van der Waals surface area (Å²) in [6.45, 7) is -0.351. The summed E-state index contributed by atoms with van der Waals surface area (Å²) < 4.78 is 5.41. The van der Waals surface area contributed by atoms with Crippen molar-refractivity contribution in [3.8, 4) is 5.75 Å². The molecule has 0 aliphatic heterocycles. The summed E-state index contributed by atoms with van der Waals surface area (Å²) in [4.78, 5) is 51.4. The van der Waals surface area contributed by atoms with Crippen molar-refractivity contribution >= 4 is 63.2 Å². The smallest absolute Gasteiger partial charge is 0.416 e. The van der Waals surface area contributed by atoms with Gasteiger partial charge in [0.25, 0.3) is 0 Å². The Kier molecular flexibility index (Phi) is 12.6. The maximum absolute atomic E-state index is 12.3. The van der Waals surface area contributed by atoms with Crippen LogP contribution in [0, 0.1) is 0 Å². The number of pyridine rings is 1. The molecule has 0 fully saturated rings. The third kappa shape index (κ3) is 10.1. The van der Waals surface area contributed by atoms with Gasteiger partial charge in [0.1, 0.15) is 5.75 Å². The van der Waals surface area contributed by atoms with Crippen molar-refractivity contribution < 1.29 is 39.2 Å². The quantitative estimate of drug-likeness (QED) is 0.106. The van der Waals surface area contributed by atoms with E-state index in [0.717, 1.165) is 71.9 Å². The summed E-state index contributed by atoms with van der Waals surface area (Å²) in [6.07, 6.45) is 1.16. The van der Waals surface area contributed by atoms with E-state index in [2.05, 4.69) is 10.6 Å². The van der Waals surface area contributed by atoms with Crippen LogP contribution in [0.4, 0.5) is 15.3 Å². The summed E-state index contributed by atoms with van der Waals surface area (Å²) >= 11 is 6.20. The van der Waals surface area contributed by atoms with Crippen LogP contribution in [-0.4, -0.2) is 101 Å². The maximum atomic E-state index is 12.3. The third-order valence-electron chi connectivity index (χ3n) is 6.75. The van der Waals surface area contributed by atoms with Crippen LogP contribution in [0.2, 0.25) is 5.02 Å². The number of hydrogen-bond acceptors (Lipinski definition) is 8. The minimum atomic E-state index is -1.67. The molecule has 0 aliphatic rings. The molecule has 3 amide bonds. The SMILES string of the molecule is COc1ccc2nc3cc(Cl)ccc3c(NCCCCCCCNC(=O)CN(CCN(C(=O)O)C(=O)O)CC(=O)O)c2c1. The van der Waals surface area contributed by atoms with E-state index in [1.807, 2.05) is 36.4 Å². The van der Waals surface area contributed by atoms with E-state index in [-0.39, 0.29) is 18.0 Å². The van der Waals surface area contributed by atoms with Gasteiger partial charge in [0.15, 0.2) is 0 Å². The zero-order valence-corrected chi connectivity index (χ0v) is 24.6. The van der Waals surface area contributed by atoms with Gasteiger partial charge in [0.2, 0.25) is 5.91 Å². The van der Waals surface area contributed by atoms with Crippen LogP contribution in [0.5, 0.6) is 5.75 Å². The number of carbonyl (C=O) groups excluding carboxylic acids is 1. The number of rotatable bonds is 17. The minimum absolute atomic E-state index is 0.136. The van der Waals surface area contributed by atoms with Crippen LogP contribution in [0.15, 0.2) is 36.4 Å². The molecule has 0 saturated heterocycles. The van der Waals surface area contributed by atoms with E-state index in [0.29, 0.717) is 11.6 Å². The molecule has 2 aromatic carbocycles. The average Bonchev–Trinajstić information content (AvgIpc) is 2.94. The summed E-state index contributed by atoms with van der Waals surface area (Å²) in [5.74, 6) is -0.887. The van der Waals surface area contributed by atoms with Crippen molar-refractivity contribution in [3.05, 3.63) is 41.4 Å². The van der Waals surface area contributed by atoms with E-state index in [4.69, 9.17) is 36.6 Å². The molecule has 13 nitrogen and oxygen atoms in total. The highest BCUT2D eigenvalue weighted by Gasteiger charge is 2.22. The van der Waals surface area contributed by atoms with Gasteiger partial charge in [-0.25, -0.2) is 19.5 Å². The molecular formula is C29H36ClN5O8. The van der Waals surface area contributed by atoms with Crippen molar-refractivity contribution in [2.75, 3.05) is 51.7 Å². The molecule has 1 heterocycles. The molecule has 5 N–H and O–H groups in total. The molecule has 43 heavy (non-hydrogen) atoms. The highest BCUT2D eigenvalue weighted by molar-refractivity contribution is 6.31. The number of aliphatic carboxylic acids is 1. The highest BCUT2D eigenvalue weighted by Crippen LogP contribution is 2.34. The first-order valence-corrected chi connectivity index (χ1v) is 14.2. The van der Waals surface area contributed by atoms with E-state index in [1.165, 1.54) is 4.90 Å². The molecule has 0 saturated carbocycles. The average molecular weight is 618 g/mol. The Morgan fingerprint density at radius 2 is 1.53 bits per heavy atom. The van der Waals surface area contributed by atoms with Crippen molar-refractivity contribution in [1.82, 2.24) is 20.1 Å². The number of halogens is 1. The lowest BCUT2D eigenvalue weighted by molar-refractivity contribution is -0.138. The van der Waals surface area contributed by atoms with Crippen LogP contribution in [0.3, 0.4) is 0 Å². The standard InChI is InChI=1S/C29H36ClN5O8/c1-43-20-8-10-23-22(16-20)27(21-9-7-19(30)15-24(21)33-23)32-12-6-4-2-3-5-11-31-25(36)17-34(18-26(37)38)13-14-35(28(39)40)29(41)42/h7-10,15-16H,2-6,11-14,17-18H2,1H3,(H,31,36)(H,32,33)(H,37,38)(H,39,40)(H,41,42). The molecule has 0 unspecified atom stereocenters. The van der Waals surface area contributed by atoms with Crippen LogP contribution in [-0.2, 0) is 9.59 Å². The van der Waals surface area contributed by atoms with Crippen molar-refractivity contribution in [2.24, 2.45) is 0 Å². The van der Waals surface area contributed by atoms with Crippen molar-refractivity contribution in [3.63, 3.8) is 0 Å². The second kappa shape index (κ2) is 16.3. The predicted octanol–water partition coefficient (Wildman–Crippen LogP) is 4.57. The number of carboxylic acid groups (broad SMARTS) is 3. The molecular weight excluding hydrogens is 582 g/mol. The molecule has 3 aromatic rings. The van der Waals surface area contributed by atoms with E-state index >= 15 is 0 Å². The van der Waals surface area contributed by atoms with Crippen LogP contribution < -0.4 is 15.4 Å². The zero-order valence-electron chi connectivity index (χ0n) is 23.8. The summed E-state index contributed by atoms with van der Waals surface area (Å²) in [5, 5.41) is 35.8. The van der Waals surface area contributed by atoms with Crippen LogP contribution in [0.25, 0.3) is 21.8 Å². The number of carbonyl (C=O) groups is 4. The molecule has 232 valence electrons. The van der Waals surface area contributed by atoms with Crippen LogP contribution >= 0.6 is 11.6 Å². The number of aromatic nitrogens is 1. The van der Waals surface area contributed by atoms with Gasteiger partial charge in [-0.15, -0.1) is 0 Å². The lowest BCUT2D eigenvalue weighted by Crippen LogP contribution is -2.45. The molecule has 0 radical (unpaired) electrons. The first-order chi connectivity index (χ1) is 20.6. The van der Waals surface area contributed by atoms with Gasteiger partial charge in [0, 0.05) is 42.0 Å². The van der Waals surface area contributed by atoms with E-state index in [1.54, 1.807) is 7.11 Å². The van der Waals surface area contributed by atoms with Gasteiger partial charge in [-0.2, -0.15) is 0 Å². The van der Waals surface area contributed by atoms with Gasteiger partial charge < -0.3 is 30.7 Å². The Morgan fingerprint density at radius 1 is 0.837 bits per heavy atom. The monoisotopic (exact) mass is 617 g/mol. The lowest BCUT2D eigenvalue weighted by atomic mass is 10.1. The Morgan fingerprint density at radius 3 is 2.21 bits per heavy atom. The summed E-state index contributed by atoms with van der Waals surface area (Å²) in [6, 6.07) is 11.4. The molecule has 14 heteroatoms. The fraction of sp³-hybridized carbons (Fsp3) is 0.414. The number of nitrogens with one attached hydrogen (secondary N) is 2. The predicted molar refractivity (Wildman–Crippen MR) is 162 cm³/mol. The number of anilines is 1. The highest BCUT2D eigenvalue weighted by atomic mass is 35.5. The minimum Gasteiger partial charge on any atom is -0.497 e. The lowest BCUT2D eigenvalue weighted by Gasteiger charge is -2.22. The van der Waals surface area contributed by atoms with E-state index < -0.39 is 37.2 Å². The number of methoxy groups -OCH3 is 1. The Hall–Kier alpha value is -4.36. The molecule has 3 rings (SSSR count). The number of nitrogens with zero attached hydrogens (tertiary/aromatic N) is 3. The number of unbranched alkanes of at least 4 members (excludes halogenated alkanes) is 4. The molecule has 0 atom stereocenters.